The van der Waals surface area contributed by atoms with Crippen molar-refractivity contribution in [3.05, 3.63) is 41.5 Å². The maximum absolute atomic E-state index is 10.4. The molecular formula is C15H19NO2. The highest BCUT2D eigenvalue weighted by atomic mass is 16.4. The molecule has 0 spiro atoms. The summed E-state index contributed by atoms with van der Waals surface area (Å²) in [4.78, 5) is 10.4. The SMILES string of the molecule is NC1CCC(c2ccc(C=CC(=O)O)cc2)CC1. The quantitative estimate of drug-likeness (QED) is 0.805. The smallest absolute Gasteiger partial charge is 0.328 e. The van der Waals surface area contributed by atoms with Crippen molar-refractivity contribution in [3.63, 3.8) is 0 Å². The second-order valence-corrected chi connectivity index (χ2v) is 4.95. The van der Waals surface area contributed by atoms with Crippen LogP contribution >= 0.6 is 0 Å². The summed E-state index contributed by atoms with van der Waals surface area (Å²) in [5.41, 5.74) is 8.17. The topological polar surface area (TPSA) is 63.3 Å². The van der Waals surface area contributed by atoms with E-state index in [1.807, 2.05) is 12.1 Å². The van der Waals surface area contributed by atoms with E-state index in [0.29, 0.717) is 12.0 Å². The van der Waals surface area contributed by atoms with Gasteiger partial charge in [0.1, 0.15) is 0 Å². The van der Waals surface area contributed by atoms with Gasteiger partial charge < -0.3 is 10.8 Å². The van der Waals surface area contributed by atoms with E-state index in [2.05, 4.69) is 12.1 Å². The van der Waals surface area contributed by atoms with Crippen molar-refractivity contribution in [2.45, 2.75) is 37.6 Å². The lowest BCUT2D eigenvalue weighted by molar-refractivity contribution is -0.131. The molecule has 18 heavy (non-hydrogen) atoms. The first-order valence-electron chi connectivity index (χ1n) is 6.41. The van der Waals surface area contributed by atoms with Gasteiger partial charge in [-0.05, 0) is 48.8 Å². The summed E-state index contributed by atoms with van der Waals surface area (Å²) >= 11 is 0. The van der Waals surface area contributed by atoms with Crippen LogP contribution in [-0.4, -0.2) is 17.1 Å². The Kier molecular flexibility index (Phi) is 4.15. The van der Waals surface area contributed by atoms with Gasteiger partial charge in [-0.15, -0.1) is 0 Å². The largest absolute Gasteiger partial charge is 0.478 e. The number of aliphatic carboxylic acids is 1. The number of carbonyl (C=O) groups is 1. The maximum Gasteiger partial charge on any atom is 0.328 e. The zero-order valence-corrected chi connectivity index (χ0v) is 10.4. The van der Waals surface area contributed by atoms with Gasteiger partial charge in [0, 0.05) is 12.1 Å². The first kappa shape index (κ1) is 12.8. The van der Waals surface area contributed by atoms with Crippen LogP contribution in [0.15, 0.2) is 30.3 Å². The second kappa shape index (κ2) is 5.83. The van der Waals surface area contributed by atoms with Crippen molar-refractivity contribution in [2.24, 2.45) is 5.73 Å². The van der Waals surface area contributed by atoms with Crippen LogP contribution in [0.5, 0.6) is 0 Å². The zero-order chi connectivity index (χ0) is 13.0. The fourth-order valence-electron chi connectivity index (χ4n) is 2.50. The summed E-state index contributed by atoms with van der Waals surface area (Å²) in [5, 5.41) is 8.56. The minimum absolute atomic E-state index is 0.374. The van der Waals surface area contributed by atoms with E-state index in [0.717, 1.165) is 37.3 Å². The molecule has 3 heteroatoms. The third-order valence-corrected chi connectivity index (χ3v) is 3.60. The van der Waals surface area contributed by atoms with Crippen LogP contribution < -0.4 is 5.73 Å². The van der Waals surface area contributed by atoms with Crippen LogP contribution in [0.25, 0.3) is 6.08 Å². The van der Waals surface area contributed by atoms with E-state index in [1.165, 1.54) is 5.56 Å². The Morgan fingerprint density at radius 3 is 2.33 bits per heavy atom. The van der Waals surface area contributed by atoms with Crippen molar-refractivity contribution in [1.29, 1.82) is 0 Å². The highest BCUT2D eigenvalue weighted by molar-refractivity contribution is 5.85. The van der Waals surface area contributed by atoms with Gasteiger partial charge in [0.05, 0.1) is 0 Å². The van der Waals surface area contributed by atoms with Gasteiger partial charge in [-0.2, -0.15) is 0 Å². The summed E-state index contributed by atoms with van der Waals surface area (Å²) in [5.74, 6) is -0.303. The van der Waals surface area contributed by atoms with Gasteiger partial charge in [-0.25, -0.2) is 4.79 Å². The molecule has 1 aliphatic carbocycles. The van der Waals surface area contributed by atoms with Crippen molar-refractivity contribution >= 4 is 12.0 Å². The number of hydrogen-bond acceptors (Lipinski definition) is 2. The van der Waals surface area contributed by atoms with E-state index in [4.69, 9.17) is 10.8 Å². The number of carboxylic acid groups (broad SMARTS) is 1. The summed E-state index contributed by atoms with van der Waals surface area (Å²) in [6.45, 7) is 0. The van der Waals surface area contributed by atoms with Crippen LogP contribution in [0.2, 0.25) is 0 Å². The number of carboxylic acids is 1. The van der Waals surface area contributed by atoms with Crippen molar-refractivity contribution in [1.82, 2.24) is 0 Å². The molecule has 1 saturated carbocycles. The van der Waals surface area contributed by atoms with Gasteiger partial charge in [0.15, 0.2) is 0 Å². The van der Waals surface area contributed by atoms with Crippen molar-refractivity contribution in [3.8, 4) is 0 Å². The molecule has 0 bridgehead atoms. The van der Waals surface area contributed by atoms with Crippen molar-refractivity contribution < 1.29 is 9.90 Å². The minimum Gasteiger partial charge on any atom is -0.478 e. The highest BCUT2D eigenvalue weighted by Crippen LogP contribution is 2.32. The predicted molar refractivity (Wildman–Crippen MR) is 72.3 cm³/mol. The first-order chi connectivity index (χ1) is 8.65. The maximum atomic E-state index is 10.4. The molecule has 96 valence electrons. The van der Waals surface area contributed by atoms with Crippen LogP contribution in [0.4, 0.5) is 0 Å². The molecule has 3 nitrogen and oxygen atoms in total. The average molecular weight is 245 g/mol. The van der Waals surface area contributed by atoms with E-state index in [1.54, 1.807) is 6.08 Å². The Morgan fingerprint density at radius 2 is 1.78 bits per heavy atom. The van der Waals surface area contributed by atoms with Crippen LogP contribution in [-0.2, 0) is 4.79 Å². The van der Waals surface area contributed by atoms with Gasteiger partial charge in [-0.3, -0.25) is 0 Å². The summed E-state index contributed by atoms with van der Waals surface area (Å²) in [6.07, 6.45) is 7.30. The molecule has 0 aliphatic heterocycles. The highest BCUT2D eigenvalue weighted by Gasteiger charge is 2.19. The molecule has 0 radical (unpaired) electrons. The number of hydrogen-bond donors (Lipinski definition) is 2. The second-order valence-electron chi connectivity index (χ2n) is 4.95. The molecule has 0 heterocycles. The predicted octanol–water partition coefficient (Wildman–Crippen LogP) is 2.77. The lowest BCUT2D eigenvalue weighted by Gasteiger charge is -2.26. The Bertz CT molecular complexity index is 428. The van der Waals surface area contributed by atoms with Gasteiger partial charge >= 0.3 is 5.97 Å². The lowest BCUT2D eigenvalue weighted by Crippen LogP contribution is -2.25. The third kappa shape index (κ3) is 3.44. The minimum atomic E-state index is -0.916. The molecule has 2 rings (SSSR count). The fourth-order valence-corrected chi connectivity index (χ4v) is 2.50. The molecule has 0 amide bonds. The van der Waals surface area contributed by atoms with E-state index < -0.39 is 5.97 Å². The Balaban J connectivity index is 2.01. The average Bonchev–Trinajstić information content (AvgIpc) is 2.38. The number of rotatable bonds is 3. The number of nitrogens with two attached hydrogens (primary N) is 1. The van der Waals surface area contributed by atoms with Crippen LogP contribution in [0.1, 0.15) is 42.7 Å². The first-order valence-corrected chi connectivity index (χ1v) is 6.41. The Labute approximate surface area is 107 Å². The molecule has 0 unspecified atom stereocenters. The lowest BCUT2D eigenvalue weighted by atomic mass is 9.82. The molecule has 1 aromatic carbocycles. The normalized spacial score (nSPS) is 24.3. The molecule has 1 fully saturated rings. The molecule has 3 N–H and O–H groups in total. The van der Waals surface area contributed by atoms with Crippen molar-refractivity contribution in [2.75, 3.05) is 0 Å². The third-order valence-electron chi connectivity index (χ3n) is 3.60. The van der Waals surface area contributed by atoms with Crippen LogP contribution in [0.3, 0.4) is 0 Å². The monoisotopic (exact) mass is 245 g/mol. The standard InChI is InChI=1S/C15H19NO2/c16-14-8-6-13(7-9-14)12-4-1-11(2-5-12)3-10-15(17)18/h1-5,10,13-14H,6-9,16H2,(H,17,18). The van der Waals surface area contributed by atoms with Gasteiger partial charge in [0.25, 0.3) is 0 Å². The molecule has 0 saturated heterocycles. The van der Waals surface area contributed by atoms with E-state index in [9.17, 15) is 4.79 Å². The van der Waals surface area contributed by atoms with Crippen LogP contribution in [0, 0.1) is 0 Å². The molecule has 0 atom stereocenters. The Hall–Kier alpha value is -1.61. The summed E-state index contributed by atoms with van der Waals surface area (Å²) in [6, 6.07) is 8.53. The fraction of sp³-hybridized carbons (Fsp3) is 0.400. The number of benzene rings is 1. The summed E-state index contributed by atoms with van der Waals surface area (Å²) < 4.78 is 0. The van der Waals surface area contributed by atoms with Gasteiger partial charge in [0.2, 0.25) is 0 Å². The Morgan fingerprint density at radius 1 is 1.17 bits per heavy atom. The van der Waals surface area contributed by atoms with E-state index in [-0.39, 0.29) is 0 Å². The zero-order valence-electron chi connectivity index (χ0n) is 10.4. The van der Waals surface area contributed by atoms with E-state index >= 15 is 0 Å². The molecule has 0 aromatic heterocycles. The van der Waals surface area contributed by atoms with Gasteiger partial charge in [-0.1, -0.05) is 24.3 Å². The summed E-state index contributed by atoms with van der Waals surface area (Å²) in [7, 11) is 0. The molecular weight excluding hydrogens is 226 g/mol. The molecule has 1 aliphatic rings. The molecule has 1 aromatic rings.